The van der Waals surface area contributed by atoms with Gasteiger partial charge < -0.3 is 16.0 Å². The summed E-state index contributed by atoms with van der Waals surface area (Å²) in [6, 6.07) is 1.93. The van der Waals surface area contributed by atoms with Gasteiger partial charge in [-0.15, -0.1) is 24.0 Å². The van der Waals surface area contributed by atoms with Gasteiger partial charge >= 0.3 is 0 Å². The first-order chi connectivity index (χ1) is 13.3. The molecule has 0 amide bonds. The molecule has 0 saturated heterocycles. The molecule has 3 aromatic rings. The van der Waals surface area contributed by atoms with Crippen LogP contribution >= 0.6 is 24.0 Å². The first-order valence-corrected chi connectivity index (χ1v) is 9.14. The predicted octanol–water partition coefficient (Wildman–Crippen LogP) is 1.24. The average molecular weight is 498 g/mol. The molecule has 0 radical (unpaired) electrons. The number of rotatable bonds is 9. The zero-order chi connectivity index (χ0) is 18.9. The summed E-state index contributed by atoms with van der Waals surface area (Å²) >= 11 is 0. The summed E-state index contributed by atoms with van der Waals surface area (Å²) in [6.45, 7) is 5.91. The van der Waals surface area contributed by atoms with Crippen LogP contribution in [0.3, 0.4) is 0 Å². The van der Waals surface area contributed by atoms with Crippen LogP contribution in [-0.4, -0.2) is 61.7 Å². The molecule has 0 aliphatic heterocycles. The monoisotopic (exact) mass is 498 g/mol. The summed E-state index contributed by atoms with van der Waals surface area (Å²) in [4.78, 5) is 13.1. The molecule has 0 aliphatic carbocycles. The van der Waals surface area contributed by atoms with E-state index in [0.717, 1.165) is 55.4 Å². The molecule has 0 spiro atoms. The molecule has 11 heteroatoms. The lowest BCUT2D eigenvalue weighted by atomic mass is 10.4. The molecule has 3 aromatic heterocycles. The molecule has 0 saturated carbocycles. The second-order valence-electron chi connectivity index (χ2n) is 5.96. The molecule has 0 aliphatic rings. The molecule has 10 nitrogen and oxygen atoms in total. The van der Waals surface area contributed by atoms with E-state index in [1.54, 1.807) is 23.4 Å². The Hall–Kier alpha value is -2.44. The lowest BCUT2D eigenvalue weighted by Crippen LogP contribution is -2.39. The fourth-order valence-corrected chi connectivity index (χ4v) is 2.66. The maximum absolute atomic E-state index is 4.60. The summed E-state index contributed by atoms with van der Waals surface area (Å²) < 4.78 is 3.65. The van der Waals surface area contributed by atoms with Crippen molar-refractivity contribution in [3.05, 3.63) is 31.0 Å². The first-order valence-electron chi connectivity index (χ1n) is 9.14. The molecule has 3 N–H and O–H groups in total. The Morgan fingerprint density at radius 3 is 2.86 bits per heavy atom. The van der Waals surface area contributed by atoms with E-state index in [-0.39, 0.29) is 24.0 Å². The Balaban J connectivity index is 0.00000280. The molecule has 3 rings (SSSR count). The molecular weight excluding hydrogens is 471 g/mol. The Morgan fingerprint density at radius 2 is 2.07 bits per heavy atom. The van der Waals surface area contributed by atoms with E-state index in [1.165, 1.54) is 0 Å². The number of hydrogen-bond donors (Lipinski definition) is 3. The van der Waals surface area contributed by atoms with Gasteiger partial charge in [-0.1, -0.05) is 0 Å². The lowest BCUT2D eigenvalue weighted by molar-refractivity contribution is 0.584. The Kier molecular flexibility index (Phi) is 8.91. The van der Waals surface area contributed by atoms with Crippen LogP contribution in [0.2, 0.25) is 0 Å². The smallest absolute Gasteiger partial charge is 0.191 e. The number of aromatic nitrogens is 6. The number of nitrogens with one attached hydrogen (secondary N) is 3. The quantitative estimate of drug-likeness (QED) is 0.176. The van der Waals surface area contributed by atoms with E-state index in [0.29, 0.717) is 6.54 Å². The predicted molar refractivity (Wildman–Crippen MR) is 121 cm³/mol. The maximum atomic E-state index is 4.60. The Morgan fingerprint density at radius 1 is 1.18 bits per heavy atom. The van der Waals surface area contributed by atoms with Gasteiger partial charge in [-0.25, -0.2) is 9.97 Å². The Bertz CT molecular complexity index is 858. The SMILES string of the molecule is CCNC(=NCCCn1cccn1)NCCNc1ncnc2c1cnn2C.I. The van der Waals surface area contributed by atoms with Crippen molar-refractivity contribution in [1.82, 2.24) is 40.2 Å². The zero-order valence-electron chi connectivity index (χ0n) is 16.2. The topological polar surface area (TPSA) is 110 Å². The van der Waals surface area contributed by atoms with E-state index >= 15 is 0 Å². The van der Waals surface area contributed by atoms with Gasteiger partial charge in [0.15, 0.2) is 11.6 Å². The summed E-state index contributed by atoms with van der Waals surface area (Å²) in [5, 5.41) is 19.2. The molecule has 0 bridgehead atoms. The second kappa shape index (κ2) is 11.4. The number of anilines is 1. The summed E-state index contributed by atoms with van der Waals surface area (Å²) in [7, 11) is 1.87. The van der Waals surface area contributed by atoms with Crippen LogP contribution in [0.15, 0.2) is 36.0 Å². The molecule has 0 fully saturated rings. The minimum Gasteiger partial charge on any atom is -0.368 e. The first kappa shape index (κ1) is 21.9. The van der Waals surface area contributed by atoms with Crippen molar-refractivity contribution < 1.29 is 0 Å². The van der Waals surface area contributed by atoms with Crippen molar-refractivity contribution in [1.29, 1.82) is 0 Å². The van der Waals surface area contributed by atoms with Crippen molar-refractivity contribution in [2.75, 3.05) is 31.5 Å². The number of aryl methyl sites for hydroxylation is 2. The number of nitrogens with zero attached hydrogens (tertiary/aromatic N) is 7. The molecule has 0 aromatic carbocycles. The number of aliphatic imine (C=N–C) groups is 1. The van der Waals surface area contributed by atoms with Crippen LogP contribution in [-0.2, 0) is 13.6 Å². The van der Waals surface area contributed by atoms with Crippen LogP contribution in [0.25, 0.3) is 11.0 Å². The molecule has 0 atom stereocenters. The number of fused-ring (bicyclic) bond motifs is 1. The van der Waals surface area contributed by atoms with Gasteiger partial charge in [0.25, 0.3) is 0 Å². The largest absolute Gasteiger partial charge is 0.368 e. The van der Waals surface area contributed by atoms with Gasteiger partial charge in [0.05, 0.1) is 11.6 Å². The van der Waals surface area contributed by atoms with E-state index in [1.807, 2.05) is 24.0 Å². The molecule has 152 valence electrons. The van der Waals surface area contributed by atoms with Crippen LogP contribution in [0.1, 0.15) is 13.3 Å². The zero-order valence-corrected chi connectivity index (χ0v) is 18.5. The van der Waals surface area contributed by atoms with Crippen molar-refractivity contribution >= 4 is 46.8 Å². The minimum absolute atomic E-state index is 0. The standard InChI is InChI=1S/C17H26N10.HI/c1-3-18-17(20-6-4-10-27-11-5-7-24-27)21-9-8-19-15-14-12-25-26(2)16(14)23-13-22-15;/h5,7,11-13H,3-4,6,8-10H2,1-2H3,(H2,18,20,21)(H,19,22,23);1H. The van der Waals surface area contributed by atoms with Gasteiger partial charge in [0.2, 0.25) is 0 Å². The number of hydrogen-bond acceptors (Lipinski definition) is 6. The average Bonchev–Trinajstić information content (AvgIpc) is 3.33. The van der Waals surface area contributed by atoms with E-state index in [4.69, 9.17) is 0 Å². The highest BCUT2D eigenvalue weighted by Crippen LogP contribution is 2.16. The highest BCUT2D eigenvalue weighted by molar-refractivity contribution is 14.0. The van der Waals surface area contributed by atoms with Crippen molar-refractivity contribution in [2.45, 2.75) is 19.9 Å². The lowest BCUT2D eigenvalue weighted by Gasteiger charge is -2.12. The van der Waals surface area contributed by atoms with Crippen LogP contribution in [0, 0.1) is 0 Å². The van der Waals surface area contributed by atoms with Gasteiger partial charge in [-0.3, -0.25) is 14.4 Å². The normalized spacial score (nSPS) is 11.3. The van der Waals surface area contributed by atoms with E-state index in [9.17, 15) is 0 Å². The minimum atomic E-state index is 0. The fraction of sp³-hybridized carbons (Fsp3) is 0.471. The second-order valence-corrected chi connectivity index (χ2v) is 5.96. The van der Waals surface area contributed by atoms with Gasteiger partial charge in [-0.05, 0) is 19.4 Å². The van der Waals surface area contributed by atoms with Gasteiger partial charge in [0.1, 0.15) is 12.1 Å². The highest BCUT2D eigenvalue weighted by Gasteiger charge is 2.07. The van der Waals surface area contributed by atoms with Crippen LogP contribution < -0.4 is 16.0 Å². The van der Waals surface area contributed by atoms with E-state index in [2.05, 4.69) is 48.0 Å². The molecular formula is C17H27IN10. The molecule has 3 heterocycles. The van der Waals surface area contributed by atoms with Crippen molar-refractivity contribution in [3.8, 4) is 0 Å². The highest BCUT2D eigenvalue weighted by atomic mass is 127. The van der Waals surface area contributed by atoms with Crippen molar-refractivity contribution in [2.24, 2.45) is 12.0 Å². The molecule has 28 heavy (non-hydrogen) atoms. The summed E-state index contributed by atoms with van der Waals surface area (Å²) in [5.41, 5.74) is 0.813. The Labute approximate surface area is 181 Å². The van der Waals surface area contributed by atoms with Gasteiger partial charge in [0, 0.05) is 52.2 Å². The third-order valence-corrected chi connectivity index (χ3v) is 3.96. The van der Waals surface area contributed by atoms with Crippen LogP contribution in [0.5, 0.6) is 0 Å². The number of halogens is 1. The third-order valence-electron chi connectivity index (χ3n) is 3.96. The van der Waals surface area contributed by atoms with Crippen LogP contribution in [0.4, 0.5) is 5.82 Å². The van der Waals surface area contributed by atoms with Crippen molar-refractivity contribution in [3.63, 3.8) is 0 Å². The van der Waals surface area contributed by atoms with E-state index < -0.39 is 0 Å². The maximum Gasteiger partial charge on any atom is 0.191 e. The number of guanidine groups is 1. The summed E-state index contributed by atoms with van der Waals surface area (Å²) in [6.07, 6.45) is 8.02. The summed E-state index contributed by atoms with van der Waals surface area (Å²) in [5.74, 6) is 1.60. The fourth-order valence-electron chi connectivity index (χ4n) is 2.66. The third kappa shape index (κ3) is 6.04. The van der Waals surface area contributed by atoms with Gasteiger partial charge in [-0.2, -0.15) is 10.2 Å². The molecule has 0 unspecified atom stereocenters.